The van der Waals surface area contributed by atoms with Crippen LogP contribution >= 0.6 is 0 Å². The van der Waals surface area contributed by atoms with Crippen molar-refractivity contribution in [2.75, 3.05) is 0 Å². The topological polar surface area (TPSA) is 26.3 Å². The van der Waals surface area contributed by atoms with Crippen molar-refractivity contribution in [3.05, 3.63) is 0 Å². The Bertz CT molecular complexity index is 89.1. The molecule has 0 aromatic rings. The van der Waals surface area contributed by atoms with Crippen LogP contribution in [0.15, 0.2) is 0 Å². The maximum absolute atomic E-state index is 9.89. The van der Waals surface area contributed by atoms with E-state index in [-0.39, 0.29) is 18.1 Å². The van der Waals surface area contributed by atoms with Crippen molar-refractivity contribution >= 4 is 11.9 Å². The smallest absolute Gasteiger partial charge is 0.0564 e. The zero-order chi connectivity index (χ0) is 6.53. The first-order chi connectivity index (χ1) is 4.43. The number of hydrogen-bond acceptors (Lipinski definition) is 2. The highest BCUT2D eigenvalue weighted by Gasteiger charge is 2.19. The van der Waals surface area contributed by atoms with E-state index in [1.807, 2.05) is 0 Å². The third-order valence-corrected chi connectivity index (χ3v) is 2.08. The molecule has 3 heteroatoms. The summed E-state index contributed by atoms with van der Waals surface area (Å²) in [6.07, 6.45) is 6.17. The molecule has 0 bridgehead atoms. The molecule has 1 rings (SSSR count). The summed E-state index contributed by atoms with van der Waals surface area (Å²) in [4.78, 5) is 0. The molecular formula is C6H11O2S+. The van der Waals surface area contributed by atoms with Crippen LogP contribution in [0.25, 0.3) is 0 Å². The summed E-state index contributed by atoms with van der Waals surface area (Å²) in [5.74, 6) is 0. The van der Waals surface area contributed by atoms with Crippen LogP contribution in [0, 0.1) is 0 Å². The fourth-order valence-electron chi connectivity index (χ4n) is 1.22. The van der Waals surface area contributed by atoms with E-state index in [1.54, 1.807) is 0 Å². The molecule has 0 aliphatic heterocycles. The predicted molar refractivity (Wildman–Crippen MR) is 36.0 cm³/mol. The third kappa shape index (κ3) is 2.37. The Morgan fingerprint density at radius 2 is 1.89 bits per heavy atom. The van der Waals surface area contributed by atoms with Gasteiger partial charge in [0.05, 0.1) is 4.21 Å². The molecule has 0 aromatic carbocycles. The van der Waals surface area contributed by atoms with E-state index in [4.69, 9.17) is 4.18 Å². The van der Waals surface area contributed by atoms with E-state index in [2.05, 4.69) is 0 Å². The minimum Gasteiger partial charge on any atom is -0.0564 e. The van der Waals surface area contributed by atoms with Gasteiger partial charge < -0.3 is 0 Å². The minimum atomic E-state index is 0.251. The monoisotopic (exact) mass is 147 g/mol. The highest BCUT2D eigenvalue weighted by atomic mass is 32.2. The molecule has 0 amide bonds. The Balaban J connectivity index is 2.15. The molecule has 0 saturated heterocycles. The average molecular weight is 147 g/mol. The standard InChI is InChI=1S/C6H11O2S/c7-9-8-6-4-2-1-3-5-6/h6H,1-5H2/q+1. The lowest BCUT2D eigenvalue weighted by atomic mass is 9.98. The summed E-state index contributed by atoms with van der Waals surface area (Å²) in [5.41, 5.74) is 0. The van der Waals surface area contributed by atoms with Crippen molar-refractivity contribution in [2.45, 2.75) is 38.2 Å². The van der Waals surface area contributed by atoms with Crippen molar-refractivity contribution in [3.63, 3.8) is 0 Å². The number of rotatable bonds is 2. The van der Waals surface area contributed by atoms with Crippen LogP contribution in [0.5, 0.6) is 0 Å². The second-order valence-electron chi connectivity index (χ2n) is 2.42. The van der Waals surface area contributed by atoms with Gasteiger partial charge in [-0.15, -0.1) is 0 Å². The second kappa shape index (κ2) is 3.90. The fraction of sp³-hybridized carbons (Fsp3) is 1.00. The zero-order valence-corrected chi connectivity index (χ0v) is 6.15. The first kappa shape index (κ1) is 7.09. The van der Waals surface area contributed by atoms with Crippen LogP contribution in [0.3, 0.4) is 0 Å². The van der Waals surface area contributed by atoms with E-state index in [9.17, 15) is 4.21 Å². The highest BCUT2D eigenvalue weighted by molar-refractivity contribution is 7.60. The quantitative estimate of drug-likeness (QED) is 0.439. The van der Waals surface area contributed by atoms with Gasteiger partial charge in [0.25, 0.3) is 0 Å². The molecule has 0 N–H and O–H groups in total. The molecule has 1 aliphatic carbocycles. The molecule has 9 heavy (non-hydrogen) atoms. The molecule has 1 aliphatic rings. The van der Waals surface area contributed by atoms with E-state index in [0.717, 1.165) is 12.8 Å². The fourth-order valence-corrected chi connectivity index (χ4v) is 1.52. The van der Waals surface area contributed by atoms with E-state index in [0.29, 0.717) is 0 Å². The van der Waals surface area contributed by atoms with Crippen LogP contribution in [-0.2, 0) is 20.3 Å². The molecule has 0 heterocycles. The molecule has 0 radical (unpaired) electrons. The second-order valence-corrected chi connectivity index (χ2v) is 2.75. The molecule has 52 valence electrons. The zero-order valence-electron chi connectivity index (χ0n) is 5.34. The maximum atomic E-state index is 9.89. The number of hydrogen-bond donors (Lipinski definition) is 0. The van der Waals surface area contributed by atoms with Crippen LogP contribution in [0.4, 0.5) is 0 Å². The van der Waals surface area contributed by atoms with E-state index >= 15 is 0 Å². The van der Waals surface area contributed by atoms with Gasteiger partial charge in [-0.25, -0.2) is 0 Å². The first-order valence-corrected chi connectivity index (χ1v) is 4.05. The van der Waals surface area contributed by atoms with Crippen molar-refractivity contribution in [1.82, 2.24) is 0 Å². The third-order valence-electron chi connectivity index (χ3n) is 1.73. The van der Waals surface area contributed by atoms with E-state index in [1.165, 1.54) is 19.3 Å². The van der Waals surface area contributed by atoms with Gasteiger partial charge in [-0.1, -0.05) is 23.4 Å². The van der Waals surface area contributed by atoms with Crippen LogP contribution < -0.4 is 0 Å². The molecular weight excluding hydrogens is 136 g/mol. The van der Waals surface area contributed by atoms with Crippen molar-refractivity contribution < 1.29 is 8.39 Å². The van der Waals surface area contributed by atoms with Gasteiger partial charge in [0.1, 0.15) is 6.10 Å². The van der Waals surface area contributed by atoms with Gasteiger partial charge in [0.2, 0.25) is 0 Å². The van der Waals surface area contributed by atoms with Crippen molar-refractivity contribution in [3.8, 4) is 0 Å². The van der Waals surface area contributed by atoms with Gasteiger partial charge in [-0.05, 0) is 12.8 Å². The Morgan fingerprint density at radius 3 is 2.44 bits per heavy atom. The first-order valence-electron chi connectivity index (χ1n) is 3.39. The average Bonchev–Trinajstić information content (AvgIpc) is 1.91. The van der Waals surface area contributed by atoms with Crippen molar-refractivity contribution in [2.24, 2.45) is 0 Å². The summed E-state index contributed by atoms with van der Waals surface area (Å²) in [6, 6.07) is 0. The van der Waals surface area contributed by atoms with Gasteiger partial charge in [0, 0.05) is 0 Å². The molecule has 1 saturated carbocycles. The van der Waals surface area contributed by atoms with Gasteiger partial charge in [-0.3, -0.25) is 0 Å². The summed E-state index contributed by atoms with van der Waals surface area (Å²) < 4.78 is 14.7. The summed E-state index contributed by atoms with van der Waals surface area (Å²) >= 11 is 0.258. The lowest BCUT2D eigenvalue weighted by molar-refractivity contribution is 0.178. The predicted octanol–water partition coefficient (Wildman–Crippen LogP) is 1.68. The lowest BCUT2D eigenvalue weighted by Crippen LogP contribution is -2.13. The molecule has 1 fully saturated rings. The summed E-state index contributed by atoms with van der Waals surface area (Å²) in [5, 5.41) is 0. The Morgan fingerprint density at radius 1 is 1.22 bits per heavy atom. The SMILES string of the molecule is O=[S+]OC1CCCCC1. The van der Waals surface area contributed by atoms with Gasteiger partial charge in [0.15, 0.2) is 0 Å². The Kier molecular flexibility index (Phi) is 3.08. The van der Waals surface area contributed by atoms with Crippen LogP contribution in [0.1, 0.15) is 32.1 Å². The molecule has 0 atom stereocenters. The highest BCUT2D eigenvalue weighted by Crippen LogP contribution is 2.19. The Hall–Kier alpha value is -0.0200. The summed E-state index contributed by atoms with van der Waals surface area (Å²) in [6.45, 7) is 0. The van der Waals surface area contributed by atoms with Gasteiger partial charge in [-0.2, -0.15) is 0 Å². The van der Waals surface area contributed by atoms with Crippen LogP contribution in [-0.4, -0.2) is 6.10 Å². The Labute approximate surface area is 59.3 Å². The molecule has 2 nitrogen and oxygen atoms in total. The molecule has 0 spiro atoms. The molecule has 0 aromatic heterocycles. The normalized spacial score (nSPS) is 21.8. The summed E-state index contributed by atoms with van der Waals surface area (Å²) in [7, 11) is 0. The largest absolute Gasteiger partial charge is 0.693 e. The van der Waals surface area contributed by atoms with Crippen molar-refractivity contribution in [1.29, 1.82) is 0 Å². The maximum Gasteiger partial charge on any atom is 0.693 e. The minimum absolute atomic E-state index is 0.251. The molecule has 0 unspecified atom stereocenters. The van der Waals surface area contributed by atoms with E-state index < -0.39 is 0 Å². The lowest BCUT2D eigenvalue weighted by Gasteiger charge is -2.12. The van der Waals surface area contributed by atoms with Crippen LogP contribution in [0.2, 0.25) is 0 Å². The van der Waals surface area contributed by atoms with Gasteiger partial charge >= 0.3 is 11.9 Å².